The fraction of sp³-hybridized carbons (Fsp3) is 0.636. The first-order valence-electron chi connectivity index (χ1n) is 5.42. The number of hydrogen-bond donors (Lipinski definition) is 1. The van der Waals surface area contributed by atoms with E-state index in [4.69, 9.17) is 0 Å². The van der Waals surface area contributed by atoms with E-state index in [1.54, 1.807) is 10.9 Å². The molecule has 0 spiro atoms. The Labute approximate surface area is 90.7 Å². The highest BCUT2D eigenvalue weighted by Gasteiger charge is 2.01. The number of aromatic nitrogens is 2. The molecular formula is C11H19N3O. The second-order valence-corrected chi connectivity index (χ2v) is 4.05. The van der Waals surface area contributed by atoms with Crippen LogP contribution in [0.25, 0.3) is 0 Å². The van der Waals surface area contributed by atoms with Crippen LogP contribution in [0.5, 0.6) is 0 Å². The number of nitrogens with one attached hydrogen (secondary N) is 1. The maximum Gasteiger partial charge on any atom is 0.221 e. The van der Waals surface area contributed by atoms with Gasteiger partial charge < -0.3 is 5.32 Å². The Morgan fingerprint density at radius 1 is 1.53 bits per heavy atom. The third-order valence-corrected chi connectivity index (χ3v) is 2.17. The lowest BCUT2D eigenvalue weighted by atomic mass is 10.1. The lowest BCUT2D eigenvalue weighted by molar-refractivity contribution is -0.121. The summed E-state index contributed by atoms with van der Waals surface area (Å²) >= 11 is 0. The van der Waals surface area contributed by atoms with Crippen molar-refractivity contribution < 1.29 is 4.79 Å². The van der Waals surface area contributed by atoms with E-state index in [2.05, 4.69) is 24.3 Å². The molecule has 0 radical (unpaired) electrons. The third kappa shape index (κ3) is 5.20. The highest BCUT2D eigenvalue weighted by molar-refractivity contribution is 5.75. The Morgan fingerprint density at radius 2 is 2.33 bits per heavy atom. The summed E-state index contributed by atoms with van der Waals surface area (Å²) in [6.07, 6.45) is 5.12. The van der Waals surface area contributed by atoms with E-state index in [0.717, 1.165) is 13.0 Å². The van der Waals surface area contributed by atoms with Crippen LogP contribution in [0.1, 0.15) is 26.7 Å². The van der Waals surface area contributed by atoms with Crippen LogP contribution < -0.4 is 5.32 Å². The smallest absolute Gasteiger partial charge is 0.221 e. The Bertz CT molecular complexity index is 280. The van der Waals surface area contributed by atoms with Crippen LogP contribution in [0.2, 0.25) is 0 Å². The van der Waals surface area contributed by atoms with Crippen molar-refractivity contribution in [1.29, 1.82) is 0 Å². The van der Waals surface area contributed by atoms with Crippen molar-refractivity contribution in [2.45, 2.75) is 33.2 Å². The molecule has 0 atom stereocenters. The molecule has 0 aliphatic carbocycles. The van der Waals surface area contributed by atoms with Gasteiger partial charge in [-0.2, -0.15) is 5.10 Å². The monoisotopic (exact) mass is 209 g/mol. The van der Waals surface area contributed by atoms with Gasteiger partial charge in [-0.1, -0.05) is 13.8 Å². The molecule has 1 aromatic heterocycles. The van der Waals surface area contributed by atoms with Gasteiger partial charge in [-0.3, -0.25) is 9.48 Å². The number of nitrogens with zero attached hydrogens (tertiary/aromatic N) is 2. The molecule has 0 aromatic carbocycles. The largest absolute Gasteiger partial charge is 0.356 e. The van der Waals surface area contributed by atoms with Crippen molar-refractivity contribution in [3.05, 3.63) is 18.5 Å². The summed E-state index contributed by atoms with van der Waals surface area (Å²) in [5, 5.41) is 6.93. The lowest BCUT2D eigenvalue weighted by Crippen LogP contribution is -2.26. The molecular weight excluding hydrogens is 190 g/mol. The van der Waals surface area contributed by atoms with Crippen LogP contribution in [0.4, 0.5) is 0 Å². The van der Waals surface area contributed by atoms with E-state index in [1.165, 1.54) is 0 Å². The predicted octanol–water partition coefficient (Wildman–Crippen LogP) is 1.44. The quantitative estimate of drug-likeness (QED) is 0.770. The summed E-state index contributed by atoms with van der Waals surface area (Å²) in [5.74, 6) is 0.738. The molecule has 1 heterocycles. The van der Waals surface area contributed by atoms with Crippen molar-refractivity contribution in [2.24, 2.45) is 5.92 Å². The van der Waals surface area contributed by atoms with Gasteiger partial charge in [-0.25, -0.2) is 0 Å². The third-order valence-electron chi connectivity index (χ3n) is 2.17. The van der Waals surface area contributed by atoms with Gasteiger partial charge >= 0.3 is 0 Å². The van der Waals surface area contributed by atoms with Gasteiger partial charge in [0.25, 0.3) is 0 Å². The molecule has 4 heteroatoms. The second kappa shape index (κ2) is 6.22. The first kappa shape index (κ1) is 11.8. The van der Waals surface area contributed by atoms with Crippen LogP contribution in [0, 0.1) is 5.92 Å². The zero-order valence-electron chi connectivity index (χ0n) is 9.44. The van der Waals surface area contributed by atoms with E-state index >= 15 is 0 Å². The Hall–Kier alpha value is -1.32. The van der Waals surface area contributed by atoms with Gasteiger partial charge in [0, 0.05) is 31.9 Å². The van der Waals surface area contributed by atoms with Gasteiger partial charge in [0.2, 0.25) is 5.91 Å². The topological polar surface area (TPSA) is 46.9 Å². The van der Waals surface area contributed by atoms with E-state index in [0.29, 0.717) is 18.9 Å². The minimum atomic E-state index is 0.103. The van der Waals surface area contributed by atoms with Crippen molar-refractivity contribution in [3.8, 4) is 0 Å². The minimum Gasteiger partial charge on any atom is -0.356 e. The average molecular weight is 209 g/mol. The van der Waals surface area contributed by atoms with E-state index < -0.39 is 0 Å². The van der Waals surface area contributed by atoms with Gasteiger partial charge in [0.05, 0.1) is 0 Å². The first-order chi connectivity index (χ1) is 7.18. The van der Waals surface area contributed by atoms with Crippen LogP contribution >= 0.6 is 0 Å². The summed E-state index contributed by atoms with van der Waals surface area (Å²) < 4.78 is 1.77. The number of carbonyl (C=O) groups is 1. The number of aryl methyl sites for hydroxylation is 1. The fourth-order valence-corrected chi connectivity index (χ4v) is 1.24. The molecule has 15 heavy (non-hydrogen) atoms. The molecule has 0 fully saturated rings. The number of rotatable bonds is 6. The van der Waals surface area contributed by atoms with E-state index in [1.807, 2.05) is 12.3 Å². The molecule has 4 nitrogen and oxygen atoms in total. The minimum absolute atomic E-state index is 0.103. The first-order valence-corrected chi connectivity index (χ1v) is 5.42. The van der Waals surface area contributed by atoms with Crippen molar-refractivity contribution in [2.75, 3.05) is 6.54 Å². The zero-order chi connectivity index (χ0) is 11.1. The molecule has 0 unspecified atom stereocenters. The van der Waals surface area contributed by atoms with Crippen molar-refractivity contribution >= 4 is 5.91 Å². The molecule has 84 valence electrons. The standard InChI is InChI=1S/C11H19N3O/c1-10(2)4-7-12-11(15)5-9-14-8-3-6-13-14/h3,6,8,10H,4-5,7,9H2,1-2H3,(H,12,15). The van der Waals surface area contributed by atoms with Crippen LogP contribution in [0.15, 0.2) is 18.5 Å². The highest BCUT2D eigenvalue weighted by Crippen LogP contribution is 1.96. The SMILES string of the molecule is CC(C)CCNC(=O)CCn1cccn1. The van der Waals surface area contributed by atoms with Crippen LogP contribution in [-0.2, 0) is 11.3 Å². The van der Waals surface area contributed by atoms with Gasteiger partial charge in [0.15, 0.2) is 0 Å². The molecule has 1 N–H and O–H groups in total. The number of hydrogen-bond acceptors (Lipinski definition) is 2. The maximum absolute atomic E-state index is 11.4. The maximum atomic E-state index is 11.4. The molecule has 0 saturated carbocycles. The Balaban J connectivity index is 2.09. The number of carbonyl (C=O) groups excluding carboxylic acids is 1. The summed E-state index contributed by atoms with van der Waals surface area (Å²) in [6.45, 7) is 5.72. The molecule has 0 saturated heterocycles. The summed E-state index contributed by atoms with van der Waals surface area (Å²) in [4.78, 5) is 11.4. The molecule has 1 amide bonds. The molecule has 1 rings (SSSR count). The van der Waals surface area contributed by atoms with Gasteiger partial charge in [-0.15, -0.1) is 0 Å². The molecule has 0 bridgehead atoms. The van der Waals surface area contributed by atoms with E-state index in [-0.39, 0.29) is 5.91 Å². The summed E-state index contributed by atoms with van der Waals surface area (Å²) in [6, 6.07) is 1.86. The van der Waals surface area contributed by atoms with Gasteiger partial charge in [0.1, 0.15) is 0 Å². The Kier molecular flexibility index (Phi) is 4.87. The highest BCUT2D eigenvalue weighted by atomic mass is 16.1. The fourth-order valence-electron chi connectivity index (χ4n) is 1.24. The second-order valence-electron chi connectivity index (χ2n) is 4.05. The van der Waals surface area contributed by atoms with Crippen LogP contribution in [-0.4, -0.2) is 22.2 Å². The zero-order valence-corrected chi connectivity index (χ0v) is 9.44. The Morgan fingerprint density at radius 3 is 2.93 bits per heavy atom. The summed E-state index contributed by atoms with van der Waals surface area (Å²) in [7, 11) is 0. The number of amides is 1. The lowest BCUT2D eigenvalue weighted by Gasteiger charge is -2.07. The van der Waals surface area contributed by atoms with Crippen molar-refractivity contribution in [1.82, 2.24) is 15.1 Å². The summed E-state index contributed by atoms with van der Waals surface area (Å²) in [5.41, 5.74) is 0. The molecule has 1 aromatic rings. The van der Waals surface area contributed by atoms with E-state index in [9.17, 15) is 4.79 Å². The average Bonchev–Trinajstić information content (AvgIpc) is 2.66. The normalized spacial score (nSPS) is 10.6. The van der Waals surface area contributed by atoms with Crippen molar-refractivity contribution in [3.63, 3.8) is 0 Å². The molecule has 0 aliphatic rings. The predicted molar refractivity (Wildman–Crippen MR) is 59.3 cm³/mol. The van der Waals surface area contributed by atoms with Gasteiger partial charge in [-0.05, 0) is 18.4 Å². The van der Waals surface area contributed by atoms with Crippen LogP contribution in [0.3, 0.4) is 0 Å². The molecule has 0 aliphatic heterocycles.